The van der Waals surface area contributed by atoms with Crippen LogP contribution < -0.4 is 5.32 Å². The SMILES string of the molecule is Cn1nccc1C(=O)NC(CC1CCCc2ccccc21)C(=O)O. The molecule has 1 aromatic carbocycles. The lowest BCUT2D eigenvalue weighted by Crippen LogP contribution is -2.42. The molecule has 0 radical (unpaired) electrons. The van der Waals surface area contributed by atoms with Crippen molar-refractivity contribution in [3.05, 3.63) is 53.3 Å². The van der Waals surface area contributed by atoms with Crippen molar-refractivity contribution in [1.29, 1.82) is 0 Å². The molecule has 2 aromatic rings. The Morgan fingerprint density at radius 1 is 1.38 bits per heavy atom. The molecule has 24 heavy (non-hydrogen) atoms. The predicted molar refractivity (Wildman–Crippen MR) is 88.8 cm³/mol. The van der Waals surface area contributed by atoms with E-state index in [2.05, 4.69) is 22.5 Å². The quantitative estimate of drug-likeness (QED) is 0.881. The number of amides is 1. The summed E-state index contributed by atoms with van der Waals surface area (Å²) in [4.78, 5) is 23.9. The molecular formula is C18H21N3O3. The summed E-state index contributed by atoms with van der Waals surface area (Å²) in [7, 11) is 1.65. The largest absolute Gasteiger partial charge is 0.480 e. The topological polar surface area (TPSA) is 84.2 Å². The van der Waals surface area contributed by atoms with E-state index in [0.717, 1.165) is 19.3 Å². The van der Waals surface area contributed by atoms with E-state index in [1.807, 2.05) is 12.1 Å². The van der Waals surface area contributed by atoms with Crippen LogP contribution in [0.2, 0.25) is 0 Å². The van der Waals surface area contributed by atoms with Gasteiger partial charge >= 0.3 is 5.97 Å². The number of hydrogen-bond donors (Lipinski definition) is 2. The van der Waals surface area contributed by atoms with Gasteiger partial charge in [-0.2, -0.15) is 5.10 Å². The zero-order chi connectivity index (χ0) is 17.1. The van der Waals surface area contributed by atoms with Crippen molar-refractivity contribution in [3.8, 4) is 0 Å². The summed E-state index contributed by atoms with van der Waals surface area (Å²) in [5, 5.41) is 16.1. The van der Waals surface area contributed by atoms with Gasteiger partial charge in [0.25, 0.3) is 5.91 Å². The summed E-state index contributed by atoms with van der Waals surface area (Å²) in [6.07, 6.45) is 4.94. The summed E-state index contributed by atoms with van der Waals surface area (Å²) in [5.41, 5.74) is 2.85. The Morgan fingerprint density at radius 3 is 2.88 bits per heavy atom. The number of benzene rings is 1. The van der Waals surface area contributed by atoms with E-state index in [-0.39, 0.29) is 5.92 Å². The molecular weight excluding hydrogens is 306 g/mol. The van der Waals surface area contributed by atoms with Crippen LogP contribution >= 0.6 is 0 Å². The van der Waals surface area contributed by atoms with E-state index >= 15 is 0 Å². The second-order valence-corrected chi connectivity index (χ2v) is 6.23. The van der Waals surface area contributed by atoms with Crippen LogP contribution in [0.3, 0.4) is 0 Å². The van der Waals surface area contributed by atoms with Crippen molar-refractivity contribution in [3.63, 3.8) is 0 Å². The summed E-state index contributed by atoms with van der Waals surface area (Å²) < 4.78 is 1.43. The van der Waals surface area contributed by atoms with E-state index in [4.69, 9.17) is 0 Å². The van der Waals surface area contributed by atoms with Gasteiger partial charge in [-0.3, -0.25) is 9.48 Å². The number of nitrogens with zero attached hydrogens (tertiary/aromatic N) is 2. The van der Waals surface area contributed by atoms with Crippen molar-refractivity contribution in [1.82, 2.24) is 15.1 Å². The van der Waals surface area contributed by atoms with Crippen molar-refractivity contribution in [2.24, 2.45) is 7.05 Å². The van der Waals surface area contributed by atoms with Gasteiger partial charge in [0, 0.05) is 13.2 Å². The molecule has 0 saturated carbocycles. The van der Waals surface area contributed by atoms with Crippen LogP contribution in [-0.4, -0.2) is 32.8 Å². The standard InChI is InChI=1S/C18H21N3O3/c1-21-16(9-10-19-21)17(22)20-15(18(23)24)11-13-7-4-6-12-5-2-3-8-14(12)13/h2-3,5,8-10,13,15H,4,6-7,11H2,1H3,(H,20,22)(H,23,24). The van der Waals surface area contributed by atoms with Gasteiger partial charge in [-0.05, 0) is 48.8 Å². The number of rotatable bonds is 5. The van der Waals surface area contributed by atoms with Crippen LogP contribution in [0.5, 0.6) is 0 Å². The number of hydrogen-bond acceptors (Lipinski definition) is 3. The van der Waals surface area contributed by atoms with Crippen LogP contribution in [0.15, 0.2) is 36.5 Å². The molecule has 1 heterocycles. The molecule has 0 fully saturated rings. The Kier molecular flexibility index (Phi) is 4.64. The molecule has 3 rings (SSSR count). The van der Waals surface area contributed by atoms with Crippen LogP contribution in [0.25, 0.3) is 0 Å². The Bertz CT molecular complexity index is 753. The number of carbonyl (C=O) groups excluding carboxylic acids is 1. The molecule has 1 aliphatic rings. The summed E-state index contributed by atoms with van der Waals surface area (Å²) in [6, 6.07) is 8.83. The fraction of sp³-hybridized carbons (Fsp3) is 0.389. The number of carboxylic acid groups (broad SMARTS) is 1. The Hall–Kier alpha value is -2.63. The minimum atomic E-state index is -1.01. The number of aliphatic carboxylic acids is 1. The minimum Gasteiger partial charge on any atom is -0.480 e. The van der Waals surface area contributed by atoms with Gasteiger partial charge in [0.1, 0.15) is 11.7 Å². The maximum Gasteiger partial charge on any atom is 0.326 e. The van der Waals surface area contributed by atoms with E-state index < -0.39 is 17.9 Å². The lowest BCUT2D eigenvalue weighted by Gasteiger charge is -2.28. The maximum absolute atomic E-state index is 12.3. The van der Waals surface area contributed by atoms with Gasteiger partial charge in [-0.15, -0.1) is 0 Å². The first-order valence-electron chi connectivity index (χ1n) is 8.15. The molecule has 1 aliphatic carbocycles. The number of aryl methyl sites for hydroxylation is 2. The molecule has 126 valence electrons. The molecule has 2 N–H and O–H groups in total. The van der Waals surface area contributed by atoms with Crippen molar-refractivity contribution < 1.29 is 14.7 Å². The second-order valence-electron chi connectivity index (χ2n) is 6.23. The van der Waals surface area contributed by atoms with E-state index in [9.17, 15) is 14.7 Å². The molecule has 0 aliphatic heterocycles. The molecule has 0 spiro atoms. The monoisotopic (exact) mass is 327 g/mol. The number of carbonyl (C=O) groups is 2. The summed E-state index contributed by atoms with van der Waals surface area (Å²) >= 11 is 0. The van der Waals surface area contributed by atoms with Crippen LogP contribution in [0, 0.1) is 0 Å². The minimum absolute atomic E-state index is 0.155. The summed E-state index contributed by atoms with van der Waals surface area (Å²) in [5.74, 6) is -1.26. The summed E-state index contributed by atoms with van der Waals surface area (Å²) in [6.45, 7) is 0. The third kappa shape index (κ3) is 3.32. The number of carboxylic acids is 1. The van der Waals surface area contributed by atoms with Gasteiger partial charge in [0.05, 0.1) is 0 Å². The third-order valence-electron chi connectivity index (χ3n) is 4.67. The molecule has 2 unspecified atom stereocenters. The number of aromatic nitrogens is 2. The van der Waals surface area contributed by atoms with Gasteiger partial charge < -0.3 is 10.4 Å². The van der Waals surface area contributed by atoms with Gasteiger partial charge in [-0.1, -0.05) is 24.3 Å². The van der Waals surface area contributed by atoms with Crippen LogP contribution in [0.4, 0.5) is 0 Å². The van der Waals surface area contributed by atoms with Gasteiger partial charge in [0.2, 0.25) is 0 Å². The fourth-order valence-corrected chi connectivity index (χ4v) is 3.43. The second kappa shape index (κ2) is 6.86. The van der Waals surface area contributed by atoms with Crippen molar-refractivity contribution in [2.75, 3.05) is 0 Å². The first-order valence-corrected chi connectivity index (χ1v) is 8.15. The normalized spacial score (nSPS) is 17.8. The number of nitrogens with one attached hydrogen (secondary N) is 1. The van der Waals surface area contributed by atoms with Gasteiger partial charge in [-0.25, -0.2) is 4.79 Å². The lowest BCUT2D eigenvalue weighted by molar-refractivity contribution is -0.139. The molecule has 1 amide bonds. The van der Waals surface area contributed by atoms with Crippen molar-refractivity contribution >= 4 is 11.9 Å². The highest BCUT2D eigenvalue weighted by Gasteiger charge is 2.28. The highest BCUT2D eigenvalue weighted by molar-refractivity contribution is 5.95. The Balaban J connectivity index is 1.75. The zero-order valence-corrected chi connectivity index (χ0v) is 13.6. The number of fused-ring (bicyclic) bond motifs is 1. The third-order valence-corrected chi connectivity index (χ3v) is 4.67. The highest BCUT2D eigenvalue weighted by Crippen LogP contribution is 2.34. The molecule has 1 aromatic heterocycles. The van der Waals surface area contributed by atoms with Crippen molar-refractivity contribution in [2.45, 2.75) is 37.6 Å². The molecule has 6 heteroatoms. The Morgan fingerprint density at radius 2 is 2.17 bits per heavy atom. The molecule has 2 atom stereocenters. The molecule has 0 bridgehead atoms. The van der Waals surface area contributed by atoms with Gasteiger partial charge in [0.15, 0.2) is 0 Å². The van der Waals surface area contributed by atoms with E-state index in [1.54, 1.807) is 13.1 Å². The lowest BCUT2D eigenvalue weighted by atomic mass is 9.79. The average Bonchev–Trinajstić information content (AvgIpc) is 3.00. The van der Waals surface area contributed by atoms with Crippen LogP contribution in [0.1, 0.15) is 46.8 Å². The molecule has 0 saturated heterocycles. The first-order chi connectivity index (χ1) is 11.6. The van der Waals surface area contributed by atoms with E-state index in [0.29, 0.717) is 12.1 Å². The predicted octanol–water partition coefficient (Wildman–Crippen LogP) is 2.11. The van der Waals surface area contributed by atoms with Crippen LogP contribution in [-0.2, 0) is 18.3 Å². The average molecular weight is 327 g/mol. The zero-order valence-electron chi connectivity index (χ0n) is 13.6. The first kappa shape index (κ1) is 16.2. The molecule has 6 nitrogen and oxygen atoms in total. The van der Waals surface area contributed by atoms with E-state index in [1.165, 1.54) is 22.0 Å². The highest BCUT2D eigenvalue weighted by atomic mass is 16.4. The Labute approximate surface area is 140 Å². The fourth-order valence-electron chi connectivity index (χ4n) is 3.43. The smallest absolute Gasteiger partial charge is 0.326 e. The maximum atomic E-state index is 12.3.